The lowest BCUT2D eigenvalue weighted by Gasteiger charge is -2.34. The van der Waals surface area contributed by atoms with Gasteiger partial charge in [0.15, 0.2) is 0 Å². The highest BCUT2D eigenvalue weighted by Gasteiger charge is 2.52. The highest BCUT2D eigenvalue weighted by Crippen LogP contribution is 2.44. The molecule has 2 aliphatic rings. The third kappa shape index (κ3) is 7.81. The van der Waals surface area contributed by atoms with Crippen molar-refractivity contribution in [2.75, 3.05) is 0 Å². The Morgan fingerprint density at radius 3 is 2.47 bits per heavy atom. The molecule has 1 saturated heterocycles. The third-order valence-corrected chi connectivity index (χ3v) is 8.08. The Hall–Kier alpha value is -1.87. The predicted molar refractivity (Wildman–Crippen MR) is 144 cm³/mol. The molecule has 0 aromatic heterocycles. The van der Waals surface area contributed by atoms with Gasteiger partial charge in [0.05, 0.1) is 35.7 Å². The molecule has 36 heavy (non-hydrogen) atoms. The minimum Gasteiger partial charge on any atom is -0.458 e. The quantitative estimate of drug-likeness (QED) is 0.215. The molecule has 8 heteroatoms. The lowest BCUT2D eigenvalue weighted by Crippen LogP contribution is -2.45. The zero-order chi connectivity index (χ0) is 27.4. The van der Waals surface area contributed by atoms with Gasteiger partial charge in [-0.05, 0) is 49.2 Å². The number of hydrogen-bond acceptors (Lipinski definition) is 8. The van der Waals surface area contributed by atoms with Crippen LogP contribution in [0, 0.1) is 17.3 Å². The van der Waals surface area contributed by atoms with E-state index in [0.29, 0.717) is 18.5 Å². The van der Waals surface area contributed by atoms with Crippen LogP contribution in [0.4, 0.5) is 0 Å². The maximum absolute atomic E-state index is 13.2. The van der Waals surface area contributed by atoms with Crippen LogP contribution in [0.3, 0.4) is 0 Å². The van der Waals surface area contributed by atoms with Gasteiger partial charge < -0.3 is 25.4 Å². The van der Waals surface area contributed by atoms with Crippen LogP contribution in [0.15, 0.2) is 46.4 Å². The Morgan fingerprint density at radius 2 is 1.86 bits per heavy atom. The molecule has 0 spiro atoms. The second kappa shape index (κ2) is 12.1. The number of aliphatic hydroxyl groups is 2. The summed E-state index contributed by atoms with van der Waals surface area (Å²) in [5.74, 6) is -1.90. The standard InChI is InChI=1S/C28H43NO6S/c1-16(2)36-15-20(29)12-18(4)21-13-23-28(8,35-23)11-9-10-17(3)25(32)19(5)26(33)27(6,7)22(30)14-24(31)34-21/h9-10,12,15,17,19,21-23,25,30,32H,1,11,13-14,29H2,2-8H3/b10-9+,18-12+,20-15-/t17-,19+,21-,22-,23-,25-,28+/m0/s1. The number of epoxide rings is 1. The molecule has 0 unspecified atom stereocenters. The fourth-order valence-corrected chi connectivity index (χ4v) is 4.86. The number of allylic oxidation sites excluding steroid dienone is 2. The molecule has 2 aliphatic heterocycles. The Kier molecular flexibility index (Phi) is 10.2. The van der Waals surface area contributed by atoms with E-state index in [4.69, 9.17) is 15.2 Å². The van der Waals surface area contributed by atoms with Gasteiger partial charge in [-0.3, -0.25) is 9.59 Å². The van der Waals surface area contributed by atoms with E-state index >= 15 is 0 Å². The number of aliphatic hydroxyl groups excluding tert-OH is 2. The number of thioether (sulfide) groups is 1. The topological polar surface area (TPSA) is 122 Å². The van der Waals surface area contributed by atoms with E-state index in [1.807, 2.05) is 39.8 Å². The van der Waals surface area contributed by atoms with Crippen molar-refractivity contribution in [1.29, 1.82) is 0 Å². The van der Waals surface area contributed by atoms with E-state index in [1.54, 1.807) is 32.3 Å². The zero-order valence-corrected chi connectivity index (χ0v) is 23.4. The van der Waals surface area contributed by atoms with Crippen LogP contribution in [-0.2, 0) is 19.1 Å². The van der Waals surface area contributed by atoms with Gasteiger partial charge in [0.1, 0.15) is 11.9 Å². The fraction of sp³-hybridized carbons (Fsp3) is 0.643. The number of cyclic esters (lactones) is 1. The van der Waals surface area contributed by atoms with Gasteiger partial charge in [0.2, 0.25) is 0 Å². The molecule has 2 heterocycles. The number of ketones is 1. The van der Waals surface area contributed by atoms with Crippen LogP contribution >= 0.6 is 11.8 Å². The summed E-state index contributed by atoms with van der Waals surface area (Å²) in [7, 11) is 0. The predicted octanol–water partition coefficient (Wildman–Crippen LogP) is 4.40. The highest BCUT2D eigenvalue weighted by atomic mass is 32.2. The molecular formula is C28H43NO6S. The number of carbonyl (C=O) groups excluding carboxylic acids is 2. The van der Waals surface area contributed by atoms with Crippen molar-refractivity contribution in [3.05, 3.63) is 46.4 Å². The molecule has 0 amide bonds. The fourth-order valence-electron chi connectivity index (χ4n) is 4.46. The average Bonchev–Trinajstić information content (AvgIpc) is 3.43. The van der Waals surface area contributed by atoms with E-state index in [0.717, 1.165) is 10.5 Å². The first kappa shape index (κ1) is 30.4. The lowest BCUT2D eigenvalue weighted by atomic mass is 9.73. The second-order valence-electron chi connectivity index (χ2n) is 11.0. The molecule has 0 bridgehead atoms. The van der Waals surface area contributed by atoms with Gasteiger partial charge in [-0.15, -0.1) is 11.8 Å². The molecule has 0 aliphatic carbocycles. The average molecular weight is 522 g/mol. The van der Waals surface area contributed by atoms with Gasteiger partial charge in [-0.25, -0.2) is 0 Å². The van der Waals surface area contributed by atoms with Crippen LogP contribution < -0.4 is 5.73 Å². The summed E-state index contributed by atoms with van der Waals surface area (Å²) in [5, 5.41) is 23.4. The van der Waals surface area contributed by atoms with Gasteiger partial charge in [-0.2, -0.15) is 0 Å². The van der Waals surface area contributed by atoms with E-state index < -0.39 is 41.2 Å². The summed E-state index contributed by atoms with van der Waals surface area (Å²) in [6.07, 6.45) is 3.44. The lowest BCUT2D eigenvalue weighted by molar-refractivity contribution is -0.154. The first-order valence-corrected chi connectivity index (χ1v) is 13.4. The third-order valence-electron chi connectivity index (χ3n) is 7.29. The second-order valence-corrected chi connectivity index (χ2v) is 12.2. The molecule has 0 radical (unpaired) electrons. The summed E-state index contributed by atoms with van der Waals surface area (Å²) in [6, 6.07) is 0. The van der Waals surface area contributed by atoms with Crippen LogP contribution in [-0.4, -0.2) is 52.0 Å². The molecule has 7 atom stereocenters. The number of rotatable bonds is 4. The van der Waals surface area contributed by atoms with Gasteiger partial charge in [-0.1, -0.05) is 46.4 Å². The first-order valence-electron chi connectivity index (χ1n) is 12.5. The Balaban J connectivity index is 2.36. The first-order chi connectivity index (χ1) is 16.6. The van der Waals surface area contributed by atoms with E-state index in [-0.39, 0.29) is 24.2 Å². The molecule has 0 saturated carbocycles. The molecular weight excluding hydrogens is 478 g/mol. The minimum absolute atomic E-state index is 0.131. The Morgan fingerprint density at radius 1 is 1.22 bits per heavy atom. The summed E-state index contributed by atoms with van der Waals surface area (Å²) in [6.45, 7) is 16.3. The Bertz CT molecular complexity index is 938. The largest absolute Gasteiger partial charge is 0.458 e. The van der Waals surface area contributed by atoms with Crippen LogP contribution in [0.1, 0.15) is 67.7 Å². The summed E-state index contributed by atoms with van der Waals surface area (Å²) < 4.78 is 11.8. The smallest absolute Gasteiger partial charge is 0.309 e. The number of hydrogen-bond donors (Lipinski definition) is 3. The maximum Gasteiger partial charge on any atom is 0.309 e. The van der Waals surface area contributed by atoms with Crippen LogP contribution in [0.25, 0.3) is 0 Å². The van der Waals surface area contributed by atoms with Crippen molar-refractivity contribution < 1.29 is 29.3 Å². The highest BCUT2D eigenvalue weighted by molar-refractivity contribution is 8.05. The molecule has 7 nitrogen and oxygen atoms in total. The van der Waals surface area contributed by atoms with Crippen LogP contribution in [0.5, 0.6) is 0 Å². The normalized spacial score (nSPS) is 37.6. The maximum atomic E-state index is 13.2. The number of Topliss-reactive ketones (excluding diaryl/α,β-unsaturated/α-hetero) is 1. The van der Waals surface area contributed by atoms with Gasteiger partial charge in [0, 0.05) is 24.0 Å². The molecule has 4 N–H and O–H groups in total. The zero-order valence-electron chi connectivity index (χ0n) is 22.6. The van der Waals surface area contributed by atoms with Crippen LogP contribution in [0.2, 0.25) is 0 Å². The number of ether oxygens (including phenoxy) is 2. The van der Waals surface area contributed by atoms with Gasteiger partial charge >= 0.3 is 5.97 Å². The van der Waals surface area contributed by atoms with Crippen molar-refractivity contribution in [3.63, 3.8) is 0 Å². The van der Waals surface area contributed by atoms with E-state index in [1.165, 1.54) is 11.8 Å². The molecule has 202 valence electrons. The van der Waals surface area contributed by atoms with Crippen molar-refractivity contribution >= 4 is 23.5 Å². The number of carbonyl (C=O) groups is 2. The van der Waals surface area contributed by atoms with E-state index in [9.17, 15) is 19.8 Å². The Labute approximate surface area is 219 Å². The van der Waals surface area contributed by atoms with Gasteiger partial charge in [0.25, 0.3) is 0 Å². The number of fused-ring (bicyclic) bond motifs is 1. The minimum atomic E-state index is -1.27. The molecule has 0 aromatic carbocycles. The van der Waals surface area contributed by atoms with Crippen molar-refractivity contribution in [2.45, 2.75) is 97.7 Å². The summed E-state index contributed by atoms with van der Waals surface area (Å²) >= 11 is 1.41. The molecule has 2 rings (SSSR count). The van der Waals surface area contributed by atoms with Crippen molar-refractivity contribution in [2.24, 2.45) is 23.0 Å². The number of esters is 1. The summed E-state index contributed by atoms with van der Waals surface area (Å²) in [4.78, 5) is 27.0. The summed E-state index contributed by atoms with van der Waals surface area (Å²) in [5.41, 5.74) is 5.74. The number of nitrogens with two attached hydrogens (primary N) is 1. The van der Waals surface area contributed by atoms with Crippen molar-refractivity contribution in [1.82, 2.24) is 0 Å². The monoisotopic (exact) mass is 521 g/mol. The molecule has 1 fully saturated rings. The molecule has 0 aromatic rings. The van der Waals surface area contributed by atoms with E-state index in [2.05, 4.69) is 6.58 Å². The SMILES string of the molecule is C=C(C)S/C=C(N)/C=C(\C)[C@@H]1C[C@@H]2O[C@]2(C)C/C=C/[C@H](C)[C@H](O)[C@@H](C)C(=O)C(C)(C)[C@@H](O)CC(=O)O1. The van der Waals surface area contributed by atoms with Crippen molar-refractivity contribution in [3.8, 4) is 0 Å².